The molecule has 1 aromatic carbocycles. The van der Waals surface area contributed by atoms with E-state index in [0.717, 1.165) is 11.1 Å². The third-order valence-electron chi connectivity index (χ3n) is 1.89. The predicted octanol–water partition coefficient (Wildman–Crippen LogP) is 1.27. The normalized spacial score (nSPS) is 12.9. The SMILES string of the molecule is C[C@H](O)c1ccccc1CCO. The Hall–Kier alpha value is -0.860. The molecule has 0 saturated heterocycles. The van der Waals surface area contributed by atoms with E-state index in [0.29, 0.717) is 6.42 Å². The quantitative estimate of drug-likeness (QED) is 0.710. The molecule has 1 rings (SSSR count). The van der Waals surface area contributed by atoms with Gasteiger partial charge in [-0.15, -0.1) is 0 Å². The van der Waals surface area contributed by atoms with Crippen molar-refractivity contribution in [3.05, 3.63) is 35.4 Å². The molecular formula is C10H14O2. The highest BCUT2D eigenvalue weighted by Crippen LogP contribution is 2.17. The molecule has 0 bridgehead atoms. The number of benzene rings is 1. The summed E-state index contributed by atoms with van der Waals surface area (Å²) in [6.07, 6.45) is 0.161. The molecule has 0 aliphatic carbocycles. The second-order valence-electron chi connectivity index (χ2n) is 2.85. The van der Waals surface area contributed by atoms with Crippen LogP contribution in [0.4, 0.5) is 0 Å². The molecule has 66 valence electrons. The first-order chi connectivity index (χ1) is 5.75. The Bertz CT molecular complexity index is 243. The van der Waals surface area contributed by atoms with Crippen molar-refractivity contribution in [1.29, 1.82) is 0 Å². The van der Waals surface area contributed by atoms with Gasteiger partial charge in [0, 0.05) is 6.61 Å². The van der Waals surface area contributed by atoms with Gasteiger partial charge in [-0.05, 0) is 24.5 Å². The van der Waals surface area contributed by atoms with E-state index in [1.54, 1.807) is 6.92 Å². The summed E-state index contributed by atoms with van der Waals surface area (Å²) in [6.45, 7) is 1.86. The molecule has 12 heavy (non-hydrogen) atoms. The van der Waals surface area contributed by atoms with E-state index in [4.69, 9.17) is 5.11 Å². The molecule has 0 aliphatic heterocycles. The molecule has 0 spiro atoms. The summed E-state index contributed by atoms with van der Waals surface area (Å²) in [6, 6.07) is 7.62. The van der Waals surface area contributed by atoms with Gasteiger partial charge in [-0.1, -0.05) is 24.3 Å². The van der Waals surface area contributed by atoms with Crippen LogP contribution in [-0.2, 0) is 6.42 Å². The number of hydrogen-bond acceptors (Lipinski definition) is 2. The molecule has 2 N–H and O–H groups in total. The van der Waals surface area contributed by atoms with Gasteiger partial charge in [0.05, 0.1) is 6.10 Å². The van der Waals surface area contributed by atoms with Crippen molar-refractivity contribution >= 4 is 0 Å². The smallest absolute Gasteiger partial charge is 0.0764 e. The number of hydrogen-bond donors (Lipinski definition) is 2. The van der Waals surface area contributed by atoms with Crippen LogP contribution in [0.3, 0.4) is 0 Å². The molecule has 0 amide bonds. The molecule has 0 aromatic heterocycles. The van der Waals surface area contributed by atoms with Crippen molar-refractivity contribution in [3.8, 4) is 0 Å². The first-order valence-corrected chi connectivity index (χ1v) is 4.12. The third-order valence-corrected chi connectivity index (χ3v) is 1.89. The average molecular weight is 166 g/mol. The van der Waals surface area contributed by atoms with Crippen molar-refractivity contribution in [2.24, 2.45) is 0 Å². The summed E-state index contributed by atoms with van der Waals surface area (Å²) < 4.78 is 0. The van der Waals surface area contributed by atoms with E-state index < -0.39 is 6.10 Å². The Morgan fingerprint density at radius 3 is 2.58 bits per heavy atom. The fraction of sp³-hybridized carbons (Fsp3) is 0.400. The summed E-state index contributed by atoms with van der Waals surface area (Å²) in [7, 11) is 0. The molecule has 0 heterocycles. The fourth-order valence-corrected chi connectivity index (χ4v) is 1.29. The highest BCUT2D eigenvalue weighted by atomic mass is 16.3. The maximum absolute atomic E-state index is 9.35. The van der Waals surface area contributed by atoms with Crippen LogP contribution in [-0.4, -0.2) is 16.8 Å². The number of aliphatic hydroxyl groups excluding tert-OH is 2. The summed E-state index contributed by atoms with van der Waals surface area (Å²) in [4.78, 5) is 0. The Kier molecular flexibility index (Phi) is 3.26. The zero-order chi connectivity index (χ0) is 8.97. The summed E-state index contributed by atoms with van der Waals surface area (Å²) in [5, 5.41) is 18.1. The number of rotatable bonds is 3. The molecule has 0 saturated carbocycles. The lowest BCUT2D eigenvalue weighted by Gasteiger charge is -2.09. The lowest BCUT2D eigenvalue weighted by Crippen LogP contribution is -2.00. The Morgan fingerprint density at radius 2 is 2.00 bits per heavy atom. The minimum Gasteiger partial charge on any atom is -0.396 e. The molecule has 0 aliphatic rings. The van der Waals surface area contributed by atoms with Crippen molar-refractivity contribution in [2.75, 3.05) is 6.61 Å². The summed E-state index contributed by atoms with van der Waals surface area (Å²) >= 11 is 0. The van der Waals surface area contributed by atoms with Gasteiger partial charge in [-0.3, -0.25) is 0 Å². The van der Waals surface area contributed by atoms with E-state index >= 15 is 0 Å². The minimum atomic E-state index is -0.451. The van der Waals surface area contributed by atoms with Crippen molar-refractivity contribution < 1.29 is 10.2 Å². The van der Waals surface area contributed by atoms with E-state index in [-0.39, 0.29) is 6.61 Å². The van der Waals surface area contributed by atoms with Gasteiger partial charge in [0.1, 0.15) is 0 Å². The summed E-state index contributed by atoms with van der Waals surface area (Å²) in [5.74, 6) is 0. The standard InChI is InChI=1S/C10H14O2/c1-8(12)10-5-3-2-4-9(10)6-7-11/h2-5,8,11-12H,6-7H2,1H3/t8-/m0/s1. The zero-order valence-corrected chi connectivity index (χ0v) is 7.20. The zero-order valence-electron chi connectivity index (χ0n) is 7.20. The highest BCUT2D eigenvalue weighted by molar-refractivity contribution is 5.28. The van der Waals surface area contributed by atoms with Crippen LogP contribution in [0, 0.1) is 0 Å². The van der Waals surface area contributed by atoms with Crippen LogP contribution in [0.1, 0.15) is 24.2 Å². The average Bonchev–Trinajstić information content (AvgIpc) is 2.05. The number of aliphatic hydroxyl groups is 2. The van der Waals surface area contributed by atoms with E-state index in [9.17, 15) is 5.11 Å². The van der Waals surface area contributed by atoms with Crippen molar-refractivity contribution in [3.63, 3.8) is 0 Å². The topological polar surface area (TPSA) is 40.5 Å². The molecule has 0 unspecified atom stereocenters. The van der Waals surface area contributed by atoms with Gasteiger partial charge in [0.15, 0.2) is 0 Å². The summed E-state index contributed by atoms with van der Waals surface area (Å²) in [5.41, 5.74) is 1.93. The van der Waals surface area contributed by atoms with Crippen LogP contribution < -0.4 is 0 Å². The van der Waals surface area contributed by atoms with Gasteiger partial charge >= 0.3 is 0 Å². The highest BCUT2D eigenvalue weighted by Gasteiger charge is 2.05. The van der Waals surface area contributed by atoms with Gasteiger partial charge < -0.3 is 10.2 Å². The lowest BCUT2D eigenvalue weighted by atomic mass is 10.0. The van der Waals surface area contributed by atoms with Crippen molar-refractivity contribution in [1.82, 2.24) is 0 Å². The van der Waals surface area contributed by atoms with Crippen LogP contribution in [0.2, 0.25) is 0 Å². The van der Waals surface area contributed by atoms with Crippen molar-refractivity contribution in [2.45, 2.75) is 19.4 Å². The Balaban J connectivity index is 2.92. The molecule has 2 nitrogen and oxygen atoms in total. The maximum atomic E-state index is 9.35. The van der Waals surface area contributed by atoms with Crippen LogP contribution >= 0.6 is 0 Å². The van der Waals surface area contributed by atoms with Gasteiger partial charge in [-0.25, -0.2) is 0 Å². The molecule has 1 aromatic rings. The fourth-order valence-electron chi connectivity index (χ4n) is 1.29. The third kappa shape index (κ3) is 2.06. The second kappa shape index (κ2) is 4.24. The molecule has 0 radical (unpaired) electrons. The van der Waals surface area contributed by atoms with E-state index in [1.807, 2.05) is 24.3 Å². The van der Waals surface area contributed by atoms with Gasteiger partial charge in [0.2, 0.25) is 0 Å². The first kappa shape index (κ1) is 9.23. The van der Waals surface area contributed by atoms with Gasteiger partial charge in [-0.2, -0.15) is 0 Å². The lowest BCUT2D eigenvalue weighted by molar-refractivity contribution is 0.197. The maximum Gasteiger partial charge on any atom is 0.0764 e. The Morgan fingerprint density at radius 1 is 1.33 bits per heavy atom. The minimum absolute atomic E-state index is 0.129. The molecule has 1 atom stereocenters. The van der Waals surface area contributed by atoms with E-state index in [1.165, 1.54) is 0 Å². The second-order valence-corrected chi connectivity index (χ2v) is 2.85. The molecule has 0 fully saturated rings. The predicted molar refractivity (Wildman–Crippen MR) is 47.9 cm³/mol. The molecule has 2 heteroatoms. The first-order valence-electron chi connectivity index (χ1n) is 4.12. The van der Waals surface area contributed by atoms with Crippen LogP contribution in [0.25, 0.3) is 0 Å². The van der Waals surface area contributed by atoms with Crippen LogP contribution in [0.15, 0.2) is 24.3 Å². The monoisotopic (exact) mass is 166 g/mol. The Labute approximate surface area is 72.5 Å². The van der Waals surface area contributed by atoms with Crippen LogP contribution in [0.5, 0.6) is 0 Å². The largest absolute Gasteiger partial charge is 0.396 e. The molecular weight excluding hydrogens is 152 g/mol. The van der Waals surface area contributed by atoms with E-state index in [2.05, 4.69) is 0 Å². The van der Waals surface area contributed by atoms with Gasteiger partial charge in [0.25, 0.3) is 0 Å².